The van der Waals surface area contributed by atoms with Crippen molar-refractivity contribution >= 4 is 17.4 Å². The zero-order valence-electron chi connectivity index (χ0n) is 8.80. The third-order valence-electron chi connectivity index (χ3n) is 2.19. The fraction of sp³-hybridized carbons (Fsp3) is 0.200. The quantitative estimate of drug-likeness (QED) is 0.615. The molecular weight excluding hydrogens is 224 g/mol. The molecule has 1 aromatic heterocycles. The zero-order valence-corrected chi connectivity index (χ0v) is 9.62. The highest BCUT2D eigenvalue weighted by Gasteiger charge is 2.04. The van der Waals surface area contributed by atoms with Gasteiger partial charge in [-0.3, -0.25) is 4.57 Å². The Hall–Kier alpha value is -1.69. The van der Waals surface area contributed by atoms with Crippen LogP contribution in [0.1, 0.15) is 5.56 Å². The molecular formula is C10H12N4OS. The number of nitrogens with zero attached hydrogens (tertiary/aromatic N) is 2. The van der Waals surface area contributed by atoms with E-state index in [4.69, 9.17) is 5.73 Å². The normalized spacial score (nSPS) is 10.6. The van der Waals surface area contributed by atoms with Crippen LogP contribution in [-0.2, 0) is 12.8 Å². The average Bonchev–Trinajstić information content (AvgIpc) is 2.60. The molecule has 1 heterocycles. The third-order valence-corrected chi connectivity index (χ3v) is 3.29. The SMILES string of the molecule is Cn1c(SCc2ccc(N)cc2)n[nH]c1=O. The molecule has 0 fully saturated rings. The van der Waals surface area contributed by atoms with Gasteiger partial charge in [0.1, 0.15) is 0 Å². The number of hydrogen-bond donors (Lipinski definition) is 2. The Balaban J connectivity index is 2.05. The molecule has 6 heteroatoms. The molecule has 0 atom stereocenters. The van der Waals surface area contributed by atoms with Gasteiger partial charge in [0, 0.05) is 18.5 Å². The number of rotatable bonds is 3. The Labute approximate surface area is 96.7 Å². The summed E-state index contributed by atoms with van der Waals surface area (Å²) in [4.78, 5) is 11.1. The van der Waals surface area contributed by atoms with E-state index in [1.54, 1.807) is 7.05 Å². The first-order valence-corrected chi connectivity index (χ1v) is 5.74. The van der Waals surface area contributed by atoms with Crippen LogP contribution < -0.4 is 11.4 Å². The Morgan fingerprint density at radius 2 is 2.12 bits per heavy atom. The van der Waals surface area contributed by atoms with Crippen molar-refractivity contribution in [2.24, 2.45) is 7.05 Å². The molecule has 16 heavy (non-hydrogen) atoms. The second-order valence-electron chi connectivity index (χ2n) is 3.40. The van der Waals surface area contributed by atoms with Gasteiger partial charge in [-0.05, 0) is 17.7 Å². The number of thioether (sulfide) groups is 1. The van der Waals surface area contributed by atoms with E-state index >= 15 is 0 Å². The van der Waals surface area contributed by atoms with E-state index < -0.39 is 0 Å². The number of H-pyrrole nitrogens is 1. The van der Waals surface area contributed by atoms with E-state index in [-0.39, 0.29) is 5.69 Å². The second kappa shape index (κ2) is 4.44. The van der Waals surface area contributed by atoms with Gasteiger partial charge in [-0.2, -0.15) is 0 Å². The van der Waals surface area contributed by atoms with Crippen molar-refractivity contribution in [1.82, 2.24) is 14.8 Å². The summed E-state index contributed by atoms with van der Waals surface area (Å²) >= 11 is 1.51. The molecule has 0 unspecified atom stereocenters. The highest BCUT2D eigenvalue weighted by molar-refractivity contribution is 7.98. The summed E-state index contributed by atoms with van der Waals surface area (Å²) in [6.07, 6.45) is 0. The fourth-order valence-electron chi connectivity index (χ4n) is 1.22. The van der Waals surface area contributed by atoms with E-state index in [1.807, 2.05) is 24.3 Å². The number of aromatic nitrogens is 3. The first kappa shape index (κ1) is 10.8. The van der Waals surface area contributed by atoms with E-state index in [0.29, 0.717) is 5.16 Å². The van der Waals surface area contributed by atoms with Crippen LogP contribution in [0.2, 0.25) is 0 Å². The summed E-state index contributed by atoms with van der Waals surface area (Å²) in [7, 11) is 1.69. The van der Waals surface area contributed by atoms with E-state index in [2.05, 4.69) is 10.2 Å². The van der Waals surface area contributed by atoms with Gasteiger partial charge in [0.2, 0.25) is 0 Å². The number of hydrogen-bond acceptors (Lipinski definition) is 4. The number of aromatic amines is 1. The molecule has 0 bridgehead atoms. The van der Waals surface area contributed by atoms with Gasteiger partial charge in [0.25, 0.3) is 0 Å². The number of benzene rings is 1. The van der Waals surface area contributed by atoms with Crippen LogP contribution in [0.4, 0.5) is 5.69 Å². The van der Waals surface area contributed by atoms with Gasteiger partial charge in [-0.1, -0.05) is 23.9 Å². The van der Waals surface area contributed by atoms with E-state index in [9.17, 15) is 4.79 Å². The monoisotopic (exact) mass is 236 g/mol. The van der Waals surface area contributed by atoms with Gasteiger partial charge in [0.15, 0.2) is 5.16 Å². The van der Waals surface area contributed by atoms with Gasteiger partial charge in [-0.15, -0.1) is 5.10 Å². The molecule has 2 rings (SSSR count). The maximum Gasteiger partial charge on any atom is 0.343 e. The van der Waals surface area contributed by atoms with Crippen molar-refractivity contribution in [3.63, 3.8) is 0 Å². The lowest BCUT2D eigenvalue weighted by atomic mass is 10.2. The van der Waals surface area contributed by atoms with Crippen LogP contribution in [0.25, 0.3) is 0 Å². The van der Waals surface area contributed by atoms with Crippen molar-refractivity contribution in [3.05, 3.63) is 40.3 Å². The van der Waals surface area contributed by atoms with Crippen molar-refractivity contribution in [1.29, 1.82) is 0 Å². The summed E-state index contributed by atoms with van der Waals surface area (Å²) in [5, 5.41) is 6.99. The van der Waals surface area contributed by atoms with Gasteiger partial charge in [0.05, 0.1) is 0 Å². The highest BCUT2D eigenvalue weighted by Crippen LogP contribution is 2.19. The lowest BCUT2D eigenvalue weighted by Crippen LogP contribution is -2.12. The van der Waals surface area contributed by atoms with Crippen LogP contribution in [0.3, 0.4) is 0 Å². The van der Waals surface area contributed by atoms with Crippen LogP contribution >= 0.6 is 11.8 Å². The first-order valence-electron chi connectivity index (χ1n) is 4.75. The first-order chi connectivity index (χ1) is 7.66. The summed E-state index contributed by atoms with van der Waals surface area (Å²) in [5.74, 6) is 0.762. The van der Waals surface area contributed by atoms with Gasteiger partial charge >= 0.3 is 5.69 Å². The molecule has 2 aromatic rings. The number of nitrogen functional groups attached to an aromatic ring is 1. The van der Waals surface area contributed by atoms with E-state index in [1.165, 1.54) is 16.3 Å². The fourth-order valence-corrected chi connectivity index (χ4v) is 2.10. The molecule has 0 aliphatic rings. The maximum absolute atomic E-state index is 11.1. The predicted octanol–water partition coefficient (Wildman–Crippen LogP) is 0.983. The molecule has 0 spiro atoms. The number of nitrogens with two attached hydrogens (primary N) is 1. The minimum Gasteiger partial charge on any atom is -0.399 e. The predicted molar refractivity (Wildman–Crippen MR) is 64.2 cm³/mol. The third kappa shape index (κ3) is 2.27. The lowest BCUT2D eigenvalue weighted by molar-refractivity contribution is 0.766. The zero-order chi connectivity index (χ0) is 11.5. The minimum atomic E-state index is -0.195. The van der Waals surface area contributed by atoms with Crippen molar-refractivity contribution < 1.29 is 0 Å². The topological polar surface area (TPSA) is 76.7 Å². The van der Waals surface area contributed by atoms with E-state index in [0.717, 1.165) is 17.0 Å². The molecule has 0 saturated carbocycles. The molecule has 0 aliphatic carbocycles. The molecule has 0 aliphatic heterocycles. The van der Waals surface area contributed by atoms with Gasteiger partial charge in [-0.25, -0.2) is 9.89 Å². The number of anilines is 1. The molecule has 0 amide bonds. The summed E-state index contributed by atoms with van der Waals surface area (Å²) in [6.45, 7) is 0. The molecule has 84 valence electrons. The Kier molecular flexibility index (Phi) is 3.00. The molecule has 1 aromatic carbocycles. The average molecular weight is 236 g/mol. The Morgan fingerprint density at radius 1 is 1.44 bits per heavy atom. The Bertz CT molecular complexity index is 528. The maximum atomic E-state index is 11.1. The molecule has 3 N–H and O–H groups in total. The standard InChI is InChI=1S/C10H12N4OS/c1-14-9(15)12-13-10(14)16-6-7-2-4-8(11)5-3-7/h2-5H,6,11H2,1H3,(H,12,15). The van der Waals surface area contributed by atoms with Crippen LogP contribution in [0, 0.1) is 0 Å². The number of nitrogens with one attached hydrogen (secondary N) is 1. The van der Waals surface area contributed by atoms with Crippen LogP contribution in [0.15, 0.2) is 34.2 Å². The second-order valence-corrected chi connectivity index (χ2v) is 4.34. The summed E-state index contributed by atoms with van der Waals surface area (Å²) in [6, 6.07) is 7.65. The largest absolute Gasteiger partial charge is 0.399 e. The van der Waals surface area contributed by atoms with Crippen LogP contribution in [-0.4, -0.2) is 14.8 Å². The van der Waals surface area contributed by atoms with Crippen LogP contribution in [0.5, 0.6) is 0 Å². The van der Waals surface area contributed by atoms with Gasteiger partial charge < -0.3 is 5.73 Å². The molecule has 0 radical (unpaired) electrons. The summed E-state index contributed by atoms with van der Waals surface area (Å²) < 4.78 is 1.49. The Morgan fingerprint density at radius 3 is 2.69 bits per heavy atom. The smallest absolute Gasteiger partial charge is 0.343 e. The lowest BCUT2D eigenvalue weighted by Gasteiger charge is -2.01. The molecule has 5 nitrogen and oxygen atoms in total. The minimum absolute atomic E-state index is 0.195. The van der Waals surface area contributed by atoms with Crippen molar-refractivity contribution in [3.8, 4) is 0 Å². The highest BCUT2D eigenvalue weighted by atomic mass is 32.2. The summed E-state index contributed by atoms with van der Waals surface area (Å²) in [5.41, 5.74) is 7.30. The van der Waals surface area contributed by atoms with Crippen molar-refractivity contribution in [2.75, 3.05) is 5.73 Å². The molecule has 0 saturated heterocycles. The van der Waals surface area contributed by atoms with Crippen molar-refractivity contribution in [2.45, 2.75) is 10.9 Å².